The van der Waals surface area contributed by atoms with E-state index in [1.54, 1.807) is 0 Å². The van der Waals surface area contributed by atoms with Crippen molar-refractivity contribution in [2.45, 2.75) is 45.4 Å². The van der Waals surface area contributed by atoms with Gasteiger partial charge in [-0.05, 0) is 22.1 Å². The number of rotatable bonds is 2. The quantitative estimate of drug-likeness (QED) is 0.679. The molecule has 0 bridgehead atoms. The highest BCUT2D eigenvalue weighted by Gasteiger charge is 2.24. The van der Waals surface area contributed by atoms with Crippen molar-refractivity contribution in [2.75, 3.05) is 0 Å². The van der Waals surface area contributed by atoms with Crippen LogP contribution in [0, 0.1) is 0 Å². The molecule has 0 nitrogen and oxygen atoms in total. The molecule has 0 heterocycles. The third kappa shape index (κ3) is 2.89. The molecule has 100 valence electrons. The molecule has 0 unspecified atom stereocenters. The van der Waals surface area contributed by atoms with Crippen molar-refractivity contribution >= 4 is 0 Å². The van der Waals surface area contributed by atoms with Crippen molar-refractivity contribution in [3.63, 3.8) is 0 Å². The molecule has 0 N–H and O–H groups in total. The molecule has 0 heteroatoms. The molecular weight excluding hydrogens is 228 g/mol. The van der Waals surface area contributed by atoms with E-state index in [-0.39, 0.29) is 10.8 Å². The molecule has 2 aromatic rings. The highest BCUT2D eigenvalue weighted by molar-refractivity contribution is 5.40. The van der Waals surface area contributed by atoms with E-state index in [2.05, 4.69) is 89.2 Å². The largest absolute Gasteiger partial charge is 0.0622 e. The van der Waals surface area contributed by atoms with Crippen molar-refractivity contribution in [1.82, 2.24) is 0 Å². The Bertz CT molecular complexity index is 542. The van der Waals surface area contributed by atoms with Crippen LogP contribution in [0.25, 0.3) is 0 Å². The first-order chi connectivity index (χ1) is 8.82. The summed E-state index contributed by atoms with van der Waals surface area (Å²) in [6.45, 7) is 11.4. The van der Waals surface area contributed by atoms with Gasteiger partial charge in [0.25, 0.3) is 0 Å². The first-order valence-corrected chi connectivity index (χ1v) is 6.98. The van der Waals surface area contributed by atoms with Crippen molar-refractivity contribution in [2.24, 2.45) is 0 Å². The second kappa shape index (κ2) is 4.85. The zero-order chi connectivity index (χ0) is 14.1. The Morgan fingerprint density at radius 3 is 1.68 bits per heavy atom. The summed E-state index contributed by atoms with van der Waals surface area (Å²) in [5.41, 5.74) is 4.38. The van der Waals surface area contributed by atoms with E-state index in [4.69, 9.17) is 0 Å². The molecule has 0 aromatic heterocycles. The maximum Gasteiger partial charge on any atom is 0.0146 e. The van der Waals surface area contributed by atoms with Crippen LogP contribution in [0.2, 0.25) is 0 Å². The van der Waals surface area contributed by atoms with Crippen molar-refractivity contribution in [1.29, 1.82) is 0 Å². The molecule has 0 aliphatic carbocycles. The fourth-order valence-electron chi connectivity index (χ4n) is 2.40. The molecule has 0 aliphatic heterocycles. The molecular formula is C19H24. The number of benzene rings is 2. The Balaban J connectivity index is 2.47. The van der Waals surface area contributed by atoms with Crippen LogP contribution in [0.5, 0.6) is 0 Å². The summed E-state index contributed by atoms with van der Waals surface area (Å²) in [5.74, 6) is 0. The summed E-state index contributed by atoms with van der Waals surface area (Å²) in [5, 5.41) is 0. The van der Waals surface area contributed by atoms with Gasteiger partial charge < -0.3 is 0 Å². The van der Waals surface area contributed by atoms with Crippen LogP contribution < -0.4 is 0 Å². The van der Waals surface area contributed by atoms with Gasteiger partial charge >= 0.3 is 0 Å². The second-order valence-corrected chi connectivity index (χ2v) is 6.82. The first-order valence-electron chi connectivity index (χ1n) is 6.98. The molecule has 0 amide bonds. The minimum absolute atomic E-state index is 0.0442. The summed E-state index contributed by atoms with van der Waals surface area (Å²) in [6.07, 6.45) is 0. The fraction of sp³-hybridized carbons (Fsp3) is 0.368. The molecule has 0 radical (unpaired) electrons. The summed E-state index contributed by atoms with van der Waals surface area (Å²) < 4.78 is 0. The average molecular weight is 252 g/mol. The smallest absolute Gasteiger partial charge is 0.0146 e. The van der Waals surface area contributed by atoms with Crippen LogP contribution in [-0.2, 0) is 10.8 Å². The topological polar surface area (TPSA) is 0 Å². The minimum Gasteiger partial charge on any atom is -0.0622 e. The Morgan fingerprint density at radius 2 is 1.11 bits per heavy atom. The molecule has 0 saturated carbocycles. The van der Waals surface area contributed by atoms with Crippen molar-refractivity contribution in [3.8, 4) is 0 Å². The third-order valence-electron chi connectivity index (χ3n) is 3.95. The van der Waals surface area contributed by atoms with Crippen LogP contribution in [0.15, 0.2) is 54.6 Å². The Hall–Kier alpha value is -1.56. The third-order valence-corrected chi connectivity index (χ3v) is 3.95. The SMILES string of the molecule is CC(C)(C)c1cccc(C(C)(C)c2ccccc2)c1. The first kappa shape index (κ1) is 13.9. The van der Waals surface area contributed by atoms with Crippen LogP contribution in [0.1, 0.15) is 51.3 Å². The van der Waals surface area contributed by atoms with Crippen LogP contribution in [-0.4, -0.2) is 0 Å². The van der Waals surface area contributed by atoms with Gasteiger partial charge in [-0.2, -0.15) is 0 Å². The summed E-state index contributed by atoms with van der Waals surface area (Å²) in [6, 6.07) is 19.7. The van der Waals surface area contributed by atoms with E-state index in [0.29, 0.717) is 0 Å². The van der Waals surface area contributed by atoms with E-state index in [0.717, 1.165) is 0 Å². The predicted octanol–water partition coefficient (Wildman–Crippen LogP) is 5.31. The second-order valence-electron chi connectivity index (χ2n) is 6.82. The van der Waals surface area contributed by atoms with Gasteiger partial charge in [0.05, 0.1) is 0 Å². The lowest BCUT2D eigenvalue weighted by atomic mass is 9.76. The standard InChI is InChI=1S/C19H24/c1-18(2,3)16-12-9-13-17(14-16)19(4,5)15-10-7-6-8-11-15/h6-14H,1-5H3. The lowest BCUT2D eigenvalue weighted by Crippen LogP contribution is -2.20. The molecule has 0 aliphatic rings. The maximum absolute atomic E-state index is 2.35. The molecule has 0 fully saturated rings. The van der Waals surface area contributed by atoms with Gasteiger partial charge in [-0.3, -0.25) is 0 Å². The molecule has 2 aromatic carbocycles. The fourth-order valence-corrected chi connectivity index (χ4v) is 2.40. The van der Waals surface area contributed by atoms with Crippen molar-refractivity contribution < 1.29 is 0 Å². The summed E-state index contributed by atoms with van der Waals surface area (Å²) >= 11 is 0. The molecule has 19 heavy (non-hydrogen) atoms. The molecule has 0 atom stereocenters. The van der Waals surface area contributed by atoms with Crippen LogP contribution in [0.4, 0.5) is 0 Å². The minimum atomic E-state index is 0.0442. The van der Waals surface area contributed by atoms with Crippen LogP contribution in [0.3, 0.4) is 0 Å². The lowest BCUT2D eigenvalue weighted by molar-refractivity contribution is 0.582. The number of hydrogen-bond donors (Lipinski definition) is 0. The van der Waals surface area contributed by atoms with Gasteiger partial charge in [-0.25, -0.2) is 0 Å². The normalized spacial score (nSPS) is 12.5. The Kier molecular flexibility index (Phi) is 3.54. The Labute approximate surface area is 117 Å². The highest BCUT2D eigenvalue weighted by Crippen LogP contribution is 2.33. The maximum atomic E-state index is 2.35. The zero-order valence-corrected chi connectivity index (χ0v) is 12.7. The predicted molar refractivity (Wildman–Crippen MR) is 83.7 cm³/mol. The van der Waals surface area contributed by atoms with E-state index in [9.17, 15) is 0 Å². The Morgan fingerprint density at radius 1 is 0.579 bits per heavy atom. The van der Waals surface area contributed by atoms with E-state index in [1.165, 1.54) is 16.7 Å². The van der Waals surface area contributed by atoms with E-state index in [1.807, 2.05) is 0 Å². The van der Waals surface area contributed by atoms with Gasteiger partial charge in [0, 0.05) is 5.41 Å². The average Bonchev–Trinajstić information content (AvgIpc) is 2.39. The molecule has 2 rings (SSSR count). The molecule has 0 spiro atoms. The lowest BCUT2D eigenvalue weighted by Gasteiger charge is -2.28. The highest BCUT2D eigenvalue weighted by atomic mass is 14.3. The van der Waals surface area contributed by atoms with Gasteiger partial charge in [0.2, 0.25) is 0 Å². The van der Waals surface area contributed by atoms with Gasteiger partial charge in [0.1, 0.15) is 0 Å². The van der Waals surface area contributed by atoms with E-state index >= 15 is 0 Å². The number of hydrogen-bond acceptors (Lipinski definition) is 0. The monoisotopic (exact) mass is 252 g/mol. The summed E-state index contributed by atoms with van der Waals surface area (Å²) in [4.78, 5) is 0. The van der Waals surface area contributed by atoms with Gasteiger partial charge in [0.15, 0.2) is 0 Å². The van der Waals surface area contributed by atoms with Crippen molar-refractivity contribution in [3.05, 3.63) is 71.3 Å². The van der Waals surface area contributed by atoms with Gasteiger partial charge in [-0.1, -0.05) is 89.2 Å². The van der Waals surface area contributed by atoms with Crippen LogP contribution >= 0.6 is 0 Å². The molecule has 0 saturated heterocycles. The van der Waals surface area contributed by atoms with E-state index < -0.39 is 0 Å². The zero-order valence-electron chi connectivity index (χ0n) is 12.7. The van der Waals surface area contributed by atoms with Gasteiger partial charge in [-0.15, -0.1) is 0 Å². The summed E-state index contributed by atoms with van der Waals surface area (Å²) in [7, 11) is 0.